The zero-order valence-corrected chi connectivity index (χ0v) is 34.4. The Bertz CT molecular complexity index is 2080. The third-order valence-corrected chi connectivity index (χ3v) is 12.1. The van der Waals surface area contributed by atoms with Crippen molar-refractivity contribution in [2.75, 3.05) is 57.3 Å². The Labute approximate surface area is 353 Å². The van der Waals surface area contributed by atoms with E-state index in [1.54, 1.807) is 41.7 Å². The number of pyridine rings is 2. The maximum atomic E-state index is 13.3. The van der Waals surface area contributed by atoms with Crippen molar-refractivity contribution in [3.63, 3.8) is 0 Å². The van der Waals surface area contributed by atoms with Gasteiger partial charge in [-0.3, -0.25) is 39.2 Å². The lowest BCUT2D eigenvalue weighted by molar-refractivity contribution is -0.137. The number of carbonyl (C=O) groups is 5. The van der Waals surface area contributed by atoms with Gasteiger partial charge < -0.3 is 20.0 Å². The van der Waals surface area contributed by atoms with E-state index in [4.69, 9.17) is 4.98 Å². The fraction of sp³-hybridized carbons (Fsp3) is 0.468. The number of benzene rings is 1. The fourth-order valence-corrected chi connectivity index (χ4v) is 8.57. The van der Waals surface area contributed by atoms with Gasteiger partial charge in [-0.05, 0) is 98.5 Å². The average Bonchev–Trinajstić information content (AvgIpc) is 3.61. The highest BCUT2D eigenvalue weighted by Gasteiger charge is 2.39. The number of nitrogens with zero attached hydrogens (tertiary/aromatic N) is 6. The first kappa shape index (κ1) is 42.3. The van der Waals surface area contributed by atoms with Crippen LogP contribution in [-0.2, 0) is 20.9 Å². The average molecular weight is 813 g/mol. The Morgan fingerprint density at radius 1 is 0.883 bits per heavy atom. The number of aromatic nitrogens is 2. The van der Waals surface area contributed by atoms with E-state index in [2.05, 4.69) is 37.3 Å². The molecular formula is C47H56N8O5. The quantitative estimate of drug-likeness (QED) is 0.0954. The zero-order chi connectivity index (χ0) is 41.7. The highest BCUT2D eigenvalue weighted by molar-refractivity contribution is 6.05. The molecule has 314 valence electrons. The molecule has 7 rings (SSSR count). The molecule has 2 aromatic heterocycles. The standard InChI is InChI=1S/C47H56N8O5/c56-43(19-15-36-11-9-23-48-32-36)49-24-6-5-10-35-21-26-54(27-22-35)46(59)38-16-18-42(50-33-38)53-30-28-52(29-31-53)25-7-3-1-2-4-12-37-13-8-14-39-40(37)34-55(47(39)60)41-17-20-44(57)51-45(41)58/h8-9,11,13-16,18-19,23,32-33,35,41H,1-3,5-7,10,17,20-22,24-31,34H2,(H,49,56)(H,51,57,58)/b19-15+. The molecule has 4 aliphatic heterocycles. The van der Waals surface area contributed by atoms with Crippen molar-refractivity contribution in [3.8, 4) is 11.8 Å². The number of carbonyl (C=O) groups excluding carboxylic acids is 5. The highest BCUT2D eigenvalue weighted by atomic mass is 16.2. The first-order valence-electron chi connectivity index (χ1n) is 21.7. The molecule has 2 N–H and O–H groups in total. The molecule has 0 bridgehead atoms. The normalized spacial score (nSPS) is 18.6. The van der Waals surface area contributed by atoms with Crippen LogP contribution < -0.4 is 15.5 Å². The molecule has 3 fully saturated rings. The molecule has 1 aromatic carbocycles. The number of anilines is 1. The van der Waals surface area contributed by atoms with Crippen LogP contribution in [-0.4, -0.2) is 113 Å². The molecule has 0 spiro atoms. The lowest BCUT2D eigenvalue weighted by atomic mass is 9.91. The number of fused-ring (bicyclic) bond motifs is 1. The minimum atomic E-state index is -0.628. The summed E-state index contributed by atoms with van der Waals surface area (Å²) in [5.41, 5.74) is 3.83. The van der Waals surface area contributed by atoms with Gasteiger partial charge in [0.15, 0.2) is 0 Å². The number of piperazine rings is 1. The molecule has 1 unspecified atom stereocenters. The molecule has 60 heavy (non-hydrogen) atoms. The van der Waals surface area contributed by atoms with Crippen LogP contribution in [0.5, 0.6) is 0 Å². The Hall–Kier alpha value is -5.87. The second-order valence-corrected chi connectivity index (χ2v) is 16.2. The van der Waals surface area contributed by atoms with Gasteiger partial charge in [0.05, 0.1) is 5.56 Å². The van der Waals surface area contributed by atoms with E-state index >= 15 is 0 Å². The van der Waals surface area contributed by atoms with Crippen LogP contribution in [0.3, 0.4) is 0 Å². The smallest absolute Gasteiger partial charge is 0.255 e. The first-order valence-corrected chi connectivity index (χ1v) is 21.7. The van der Waals surface area contributed by atoms with Gasteiger partial charge >= 0.3 is 0 Å². The molecule has 0 aliphatic carbocycles. The van der Waals surface area contributed by atoms with Crippen LogP contribution in [0.4, 0.5) is 5.82 Å². The lowest BCUT2D eigenvalue weighted by Crippen LogP contribution is -2.52. The largest absolute Gasteiger partial charge is 0.354 e. The van der Waals surface area contributed by atoms with Crippen LogP contribution >= 0.6 is 0 Å². The van der Waals surface area contributed by atoms with E-state index < -0.39 is 11.9 Å². The first-order chi connectivity index (χ1) is 29.3. The molecule has 0 radical (unpaired) electrons. The van der Waals surface area contributed by atoms with Crippen molar-refractivity contribution in [1.29, 1.82) is 0 Å². The molecule has 13 heteroatoms. The van der Waals surface area contributed by atoms with E-state index in [0.717, 1.165) is 126 Å². The number of rotatable bonds is 15. The number of piperidine rings is 2. The Morgan fingerprint density at radius 2 is 1.73 bits per heavy atom. The van der Waals surface area contributed by atoms with E-state index in [9.17, 15) is 24.0 Å². The second kappa shape index (κ2) is 20.9. The maximum absolute atomic E-state index is 13.3. The molecule has 3 aromatic rings. The van der Waals surface area contributed by atoms with Crippen LogP contribution in [0.1, 0.15) is 108 Å². The number of amides is 5. The number of likely N-dealkylation sites (tertiary alicyclic amines) is 1. The predicted octanol–water partition coefficient (Wildman–Crippen LogP) is 4.82. The SMILES string of the molecule is O=C(/C=C/c1cccnc1)NCCCCC1CCN(C(=O)c2ccc(N3CCN(CCCCCC#Cc4cccc5c4CN(C4CCC(=O)NC4=O)C5=O)CC3)nc2)CC1. The van der Waals surface area contributed by atoms with Crippen molar-refractivity contribution in [2.45, 2.75) is 83.2 Å². The van der Waals surface area contributed by atoms with Gasteiger partial charge in [-0.15, -0.1) is 0 Å². The predicted molar refractivity (Wildman–Crippen MR) is 229 cm³/mol. The third kappa shape index (κ3) is 11.2. The summed E-state index contributed by atoms with van der Waals surface area (Å²) >= 11 is 0. The van der Waals surface area contributed by atoms with Crippen molar-refractivity contribution < 1.29 is 24.0 Å². The number of nitrogens with one attached hydrogen (secondary N) is 2. The summed E-state index contributed by atoms with van der Waals surface area (Å²) in [6.45, 7) is 7.34. The van der Waals surface area contributed by atoms with Gasteiger partial charge in [-0.25, -0.2) is 4.98 Å². The molecule has 1 atom stereocenters. The summed E-state index contributed by atoms with van der Waals surface area (Å²) in [6, 6.07) is 12.6. The van der Waals surface area contributed by atoms with Crippen molar-refractivity contribution >= 4 is 41.4 Å². The van der Waals surface area contributed by atoms with Crippen LogP contribution in [0.2, 0.25) is 0 Å². The summed E-state index contributed by atoms with van der Waals surface area (Å²) in [6.07, 6.45) is 18.2. The maximum Gasteiger partial charge on any atom is 0.255 e. The monoisotopic (exact) mass is 812 g/mol. The van der Waals surface area contributed by atoms with Crippen LogP contribution in [0, 0.1) is 17.8 Å². The molecule has 3 saturated heterocycles. The van der Waals surface area contributed by atoms with Crippen molar-refractivity contribution in [2.24, 2.45) is 5.92 Å². The molecule has 0 saturated carbocycles. The van der Waals surface area contributed by atoms with E-state index in [1.807, 2.05) is 41.3 Å². The van der Waals surface area contributed by atoms with Gasteiger partial charge in [0.1, 0.15) is 11.9 Å². The number of unbranched alkanes of at least 4 members (excludes halogenated alkanes) is 4. The minimum absolute atomic E-state index is 0.0591. The Morgan fingerprint density at radius 3 is 2.50 bits per heavy atom. The number of hydrogen-bond donors (Lipinski definition) is 2. The molecular weight excluding hydrogens is 757 g/mol. The van der Waals surface area contributed by atoms with Crippen molar-refractivity contribution in [3.05, 3.63) is 94.9 Å². The van der Waals surface area contributed by atoms with Gasteiger partial charge in [0.2, 0.25) is 17.7 Å². The number of hydrogen-bond acceptors (Lipinski definition) is 9. The topological polar surface area (TPSA) is 148 Å². The van der Waals surface area contributed by atoms with Gasteiger partial charge in [-0.1, -0.05) is 43.2 Å². The van der Waals surface area contributed by atoms with Gasteiger partial charge in [-0.2, -0.15) is 0 Å². The second-order valence-electron chi connectivity index (χ2n) is 16.2. The third-order valence-electron chi connectivity index (χ3n) is 12.1. The van der Waals surface area contributed by atoms with Gasteiger partial charge in [0.25, 0.3) is 11.8 Å². The Kier molecular flexibility index (Phi) is 14.7. The fourth-order valence-electron chi connectivity index (χ4n) is 8.57. The summed E-state index contributed by atoms with van der Waals surface area (Å²) in [5, 5.41) is 5.31. The number of imide groups is 1. The zero-order valence-electron chi connectivity index (χ0n) is 34.4. The van der Waals surface area contributed by atoms with E-state index in [-0.39, 0.29) is 30.0 Å². The van der Waals surface area contributed by atoms with Gasteiger partial charge in [0, 0.05) is 101 Å². The summed E-state index contributed by atoms with van der Waals surface area (Å²) in [7, 11) is 0. The van der Waals surface area contributed by atoms with E-state index in [1.165, 1.54) is 0 Å². The summed E-state index contributed by atoms with van der Waals surface area (Å²) in [5.74, 6) is 7.20. The highest BCUT2D eigenvalue weighted by Crippen LogP contribution is 2.30. The minimum Gasteiger partial charge on any atom is -0.354 e. The molecule has 4 aliphatic rings. The van der Waals surface area contributed by atoms with Crippen LogP contribution in [0.25, 0.3) is 6.08 Å². The van der Waals surface area contributed by atoms with Crippen LogP contribution in [0.15, 0.2) is 67.1 Å². The summed E-state index contributed by atoms with van der Waals surface area (Å²) in [4.78, 5) is 79.6. The summed E-state index contributed by atoms with van der Waals surface area (Å²) < 4.78 is 0. The molecule has 13 nitrogen and oxygen atoms in total. The lowest BCUT2D eigenvalue weighted by Gasteiger charge is -2.35. The Balaban J connectivity index is 0.740. The molecule has 6 heterocycles. The van der Waals surface area contributed by atoms with Crippen molar-refractivity contribution in [1.82, 2.24) is 35.3 Å². The van der Waals surface area contributed by atoms with E-state index in [0.29, 0.717) is 36.6 Å². The molecule has 5 amide bonds.